The van der Waals surface area contributed by atoms with Gasteiger partial charge in [-0.2, -0.15) is 4.98 Å². The molecule has 1 atom stereocenters. The van der Waals surface area contributed by atoms with Gasteiger partial charge in [0, 0.05) is 30.4 Å². The summed E-state index contributed by atoms with van der Waals surface area (Å²) >= 11 is 0. The van der Waals surface area contributed by atoms with Crippen LogP contribution in [0.25, 0.3) is 0 Å². The molecule has 1 saturated heterocycles. The van der Waals surface area contributed by atoms with Crippen LogP contribution in [0.2, 0.25) is 0 Å². The van der Waals surface area contributed by atoms with Gasteiger partial charge >= 0.3 is 0 Å². The zero-order valence-electron chi connectivity index (χ0n) is 14.5. The maximum Gasteiger partial charge on any atom is 0.229 e. The van der Waals surface area contributed by atoms with E-state index in [0.29, 0.717) is 24.5 Å². The van der Waals surface area contributed by atoms with E-state index < -0.39 is 21.5 Å². The quantitative estimate of drug-likeness (QED) is 0.857. The summed E-state index contributed by atoms with van der Waals surface area (Å²) in [6.07, 6.45) is 0.550. The molecule has 2 heterocycles. The molecule has 1 aromatic heterocycles. The Morgan fingerprint density at radius 1 is 1.27 bits per heavy atom. The number of halogens is 2. The Morgan fingerprint density at radius 2 is 2.04 bits per heavy atom. The Morgan fingerprint density at radius 3 is 2.65 bits per heavy atom. The van der Waals surface area contributed by atoms with Crippen LogP contribution in [-0.2, 0) is 9.84 Å². The van der Waals surface area contributed by atoms with E-state index in [4.69, 9.17) is 0 Å². The first-order chi connectivity index (χ1) is 12.3. The summed E-state index contributed by atoms with van der Waals surface area (Å²) in [5.41, 5.74) is 0.716. The number of hydrogen-bond donors (Lipinski definition) is 1. The molecule has 1 N–H and O–H groups in total. The smallest absolute Gasteiger partial charge is 0.229 e. The Kier molecular flexibility index (Phi) is 5.08. The summed E-state index contributed by atoms with van der Waals surface area (Å²) in [5, 5.41) is 2.76. The van der Waals surface area contributed by atoms with E-state index in [-0.39, 0.29) is 29.2 Å². The SMILES string of the molecule is CCN(c1cc(C)nc(Nc2ccc(F)cc2F)n1)C1CCS(=O)(=O)C1. The number of benzene rings is 1. The van der Waals surface area contributed by atoms with Gasteiger partial charge < -0.3 is 10.2 Å². The average Bonchev–Trinajstić information content (AvgIpc) is 2.90. The molecule has 9 heteroatoms. The molecular formula is C17H20F2N4O2S. The van der Waals surface area contributed by atoms with Gasteiger partial charge in [-0.25, -0.2) is 22.2 Å². The van der Waals surface area contributed by atoms with Crippen molar-refractivity contribution in [3.8, 4) is 0 Å². The molecule has 0 saturated carbocycles. The average molecular weight is 382 g/mol. The monoisotopic (exact) mass is 382 g/mol. The van der Waals surface area contributed by atoms with Crippen LogP contribution in [0.15, 0.2) is 24.3 Å². The minimum atomic E-state index is -3.02. The molecule has 6 nitrogen and oxygen atoms in total. The summed E-state index contributed by atoms with van der Waals surface area (Å²) in [5.74, 6) is -0.398. The third-order valence-electron chi connectivity index (χ3n) is 4.30. The number of aromatic nitrogens is 2. The van der Waals surface area contributed by atoms with Gasteiger partial charge in [0.2, 0.25) is 5.95 Å². The Labute approximate surface area is 151 Å². The fourth-order valence-electron chi connectivity index (χ4n) is 3.09. The first-order valence-electron chi connectivity index (χ1n) is 8.32. The number of anilines is 3. The van der Waals surface area contributed by atoms with Crippen LogP contribution in [0.4, 0.5) is 26.2 Å². The summed E-state index contributed by atoms with van der Waals surface area (Å²) in [6.45, 7) is 4.28. The first-order valence-corrected chi connectivity index (χ1v) is 10.1. The van der Waals surface area contributed by atoms with Gasteiger partial charge in [0.05, 0.1) is 17.2 Å². The van der Waals surface area contributed by atoms with Gasteiger partial charge in [-0.15, -0.1) is 0 Å². The summed E-state index contributed by atoms with van der Waals surface area (Å²) in [4.78, 5) is 10.6. The van der Waals surface area contributed by atoms with Crippen LogP contribution >= 0.6 is 0 Å². The predicted molar refractivity (Wildman–Crippen MR) is 96.5 cm³/mol. The van der Waals surface area contributed by atoms with Crippen molar-refractivity contribution >= 4 is 27.3 Å². The molecule has 1 aromatic carbocycles. The van der Waals surface area contributed by atoms with Crippen molar-refractivity contribution in [3.63, 3.8) is 0 Å². The topological polar surface area (TPSA) is 75.2 Å². The molecule has 0 amide bonds. The Hall–Kier alpha value is -2.29. The standard InChI is InChI=1S/C17H20F2N4O2S/c1-3-23(13-6-7-26(24,25)10-13)16-8-11(2)20-17(22-16)21-15-5-4-12(18)9-14(15)19/h4-5,8-9,13H,3,6-7,10H2,1-2H3,(H,20,21,22). The predicted octanol–water partition coefficient (Wildman–Crippen LogP) is 2.82. The lowest BCUT2D eigenvalue weighted by Crippen LogP contribution is -2.37. The van der Waals surface area contributed by atoms with Crippen LogP contribution in [0, 0.1) is 18.6 Å². The summed E-state index contributed by atoms with van der Waals surface area (Å²) in [7, 11) is -3.02. The van der Waals surface area contributed by atoms with Gasteiger partial charge in [0.1, 0.15) is 17.5 Å². The lowest BCUT2D eigenvalue weighted by atomic mass is 10.2. The van der Waals surface area contributed by atoms with Gasteiger partial charge in [-0.1, -0.05) is 0 Å². The molecule has 3 rings (SSSR count). The molecule has 1 aliphatic rings. The maximum absolute atomic E-state index is 13.9. The fraction of sp³-hybridized carbons (Fsp3) is 0.412. The number of aryl methyl sites for hydroxylation is 1. The third-order valence-corrected chi connectivity index (χ3v) is 6.05. The van der Waals surface area contributed by atoms with Gasteiger partial charge in [-0.3, -0.25) is 0 Å². The summed E-state index contributed by atoms with van der Waals surface area (Å²) < 4.78 is 50.5. The Bertz CT molecular complexity index is 921. The second-order valence-corrected chi connectivity index (χ2v) is 8.51. The largest absolute Gasteiger partial charge is 0.353 e. The zero-order valence-corrected chi connectivity index (χ0v) is 15.4. The highest BCUT2D eigenvalue weighted by atomic mass is 32.2. The van der Waals surface area contributed by atoms with E-state index in [0.717, 1.165) is 12.1 Å². The van der Waals surface area contributed by atoms with Crippen molar-refractivity contribution in [1.29, 1.82) is 0 Å². The number of nitrogens with zero attached hydrogens (tertiary/aromatic N) is 3. The molecule has 1 fully saturated rings. The highest BCUT2D eigenvalue weighted by Crippen LogP contribution is 2.25. The molecule has 1 unspecified atom stereocenters. The third kappa shape index (κ3) is 4.09. The van der Waals surface area contributed by atoms with E-state index >= 15 is 0 Å². The van der Waals surface area contributed by atoms with E-state index in [9.17, 15) is 17.2 Å². The fourth-order valence-corrected chi connectivity index (χ4v) is 4.83. The minimum absolute atomic E-state index is 0.0643. The van der Waals surface area contributed by atoms with Crippen molar-refractivity contribution in [3.05, 3.63) is 41.6 Å². The van der Waals surface area contributed by atoms with Crippen molar-refractivity contribution in [1.82, 2.24) is 9.97 Å². The van der Waals surface area contributed by atoms with E-state index in [1.54, 1.807) is 13.0 Å². The molecule has 0 aliphatic carbocycles. The van der Waals surface area contributed by atoms with Crippen LogP contribution in [0.5, 0.6) is 0 Å². The molecule has 2 aromatic rings. The molecule has 26 heavy (non-hydrogen) atoms. The van der Waals surface area contributed by atoms with E-state index in [1.807, 2.05) is 11.8 Å². The number of rotatable bonds is 5. The molecular weight excluding hydrogens is 362 g/mol. The van der Waals surface area contributed by atoms with Crippen molar-refractivity contribution < 1.29 is 17.2 Å². The van der Waals surface area contributed by atoms with E-state index in [2.05, 4.69) is 15.3 Å². The van der Waals surface area contributed by atoms with Gasteiger partial charge in [0.25, 0.3) is 0 Å². The van der Waals surface area contributed by atoms with Gasteiger partial charge in [-0.05, 0) is 32.4 Å². The van der Waals surface area contributed by atoms with Crippen molar-refractivity contribution in [2.24, 2.45) is 0 Å². The molecule has 1 aliphatic heterocycles. The van der Waals surface area contributed by atoms with Crippen molar-refractivity contribution in [2.45, 2.75) is 26.3 Å². The van der Waals surface area contributed by atoms with Crippen LogP contribution in [-0.4, -0.2) is 42.5 Å². The number of sulfone groups is 1. The van der Waals surface area contributed by atoms with Crippen LogP contribution in [0.1, 0.15) is 19.0 Å². The van der Waals surface area contributed by atoms with E-state index in [1.165, 1.54) is 6.07 Å². The lowest BCUT2D eigenvalue weighted by molar-refractivity contribution is 0.585. The molecule has 0 spiro atoms. The lowest BCUT2D eigenvalue weighted by Gasteiger charge is -2.28. The van der Waals surface area contributed by atoms with Gasteiger partial charge in [0.15, 0.2) is 9.84 Å². The molecule has 140 valence electrons. The van der Waals surface area contributed by atoms with Crippen LogP contribution in [0.3, 0.4) is 0 Å². The second-order valence-electron chi connectivity index (χ2n) is 6.28. The Balaban J connectivity index is 1.89. The maximum atomic E-state index is 13.9. The normalized spacial score (nSPS) is 18.7. The molecule has 0 radical (unpaired) electrons. The first kappa shape index (κ1) is 18.5. The minimum Gasteiger partial charge on any atom is -0.353 e. The second kappa shape index (κ2) is 7.14. The van der Waals surface area contributed by atoms with Crippen LogP contribution < -0.4 is 10.2 Å². The zero-order chi connectivity index (χ0) is 18.9. The van der Waals surface area contributed by atoms with Crippen molar-refractivity contribution in [2.75, 3.05) is 28.3 Å². The number of hydrogen-bond acceptors (Lipinski definition) is 6. The highest BCUT2D eigenvalue weighted by molar-refractivity contribution is 7.91. The number of nitrogens with one attached hydrogen (secondary N) is 1. The highest BCUT2D eigenvalue weighted by Gasteiger charge is 2.32. The molecule has 0 bridgehead atoms. The summed E-state index contributed by atoms with van der Waals surface area (Å²) in [6, 6.07) is 4.82.